The molecule has 0 aliphatic carbocycles. The molecule has 0 heterocycles. The molecular formula is C9H8BF3KN. The number of nitriles is 1. The van der Waals surface area contributed by atoms with Gasteiger partial charge >= 0.3 is 58.4 Å². The van der Waals surface area contributed by atoms with Crippen molar-refractivity contribution in [3.63, 3.8) is 0 Å². The van der Waals surface area contributed by atoms with E-state index in [2.05, 4.69) is 0 Å². The molecule has 15 heavy (non-hydrogen) atoms. The van der Waals surface area contributed by atoms with Crippen LogP contribution >= 0.6 is 0 Å². The number of rotatable bonds is 3. The molecule has 0 atom stereocenters. The Kier molecular flexibility index (Phi) is 6.80. The molecule has 0 saturated carbocycles. The first kappa shape index (κ1) is 15.2. The molecule has 0 amide bonds. The molecule has 0 aliphatic heterocycles. The molecule has 0 aromatic heterocycles. The summed E-state index contributed by atoms with van der Waals surface area (Å²) in [5, 5.41) is 8.35. The number of nitrogens with zero attached hydrogens (tertiary/aromatic N) is 1. The van der Waals surface area contributed by atoms with Crippen LogP contribution in [0, 0.1) is 11.3 Å². The maximum absolute atomic E-state index is 12.0. The molecule has 0 fully saturated rings. The number of benzene rings is 1. The van der Waals surface area contributed by atoms with Crippen molar-refractivity contribution in [1.82, 2.24) is 0 Å². The SMILES string of the molecule is N#CCc1ccc(C[B-](F)(F)F)cc1.[K+]. The van der Waals surface area contributed by atoms with Crippen molar-refractivity contribution in [2.75, 3.05) is 0 Å². The average Bonchev–Trinajstić information content (AvgIpc) is 2.06. The molecule has 6 heteroatoms. The molecule has 1 rings (SSSR count). The molecule has 0 unspecified atom stereocenters. The zero-order chi connectivity index (χ0) is 10.6. The monoisotopic (exact) mass is 237 g/mol. The summed E-state index contributed by atoms with van der Waals surface area (Å²) in [4.78, 5) is 0. The summed E-state index contributed by atoms with van der Waals surface area (Å²) in [7, 11) is 0. The van der Waals surface area contributed by atoms with Gasteiger partial charge in [0.2, 0.25) is 0 Å². The van der Waals surface area contributed by atoms with Gasteiger partial charge in [-0.3, -0.25) is 0 Å². The number of hydrogen-bond donors (Lipinski definition) is 0. The van der Waals surface area contributed by atoms with Gasteiger partial charge in [0.15, 0.2) is 0 Å². The second kappa shape index (κ2) is 6.71. The quantitative estimate of drug-likeness (QED) is 0.661. The zero-order valence-corrected chi connectivity index (χ0v) is 11.5. The molecule has 0 N–H and O–H groups in total. The van der Waals surface area contributed by atoms with Crippen LogP contribution in [0.15, 0.2) is 24.3 Å². The van der Waals surface area contributed by atoms with Crippen LogP contribution in [0.2, 0.25) is 0 Å². The summed E-state index contributed by atoms with van der Waals surface area (Å²) >= 11 is 0. The summed E-state index contributed by atoms with van der Waals surface area (Å²) < 4.78 is 36.0. The number of hydrogen-bond acceptors (Lipinski definition) is 1. The summed E-state index contributed by atoms with van der Waals surface area (Å²) in [6, 6.07) is 7.88. The smallest absolute Gasteiger partial charge is 0.449 e. The predicted molar refractivity (Wildman–Crippen MR) is 48.5 cm³/mol. The van der Waals surface area contributed by atoms with Crippen molar-refractivity contribution in [3.8, 4) is 6.07 Å². The van der Waals surface area contributed by atoms with Gasteiger partial charge in [0.05, 0.1) is 12.5 Å². The topological polar surface area (TPSA) is 23.8 Å². The molecular weight excluding hydrogens is 229 g/mol. The first-order chi connectivity index (χ1) is 6.51. The second-order valence-corrected chi connectivity index (χ2v) is 3.07. The molecule has 0 aliphatic rings. The van der Waals surface area contributed by atoms with Crippen LogP contribution in [0.3, 0.4) is 0 Å². The fourth-order valence-electron chi connectivity index (χ4n) is 1.15. The minimum atomic E-state index is -4.77. The third-order valence-corrected chi connectivity index (χ3v) is 1.77. The molecule has 0 saturated heterocycles. The minimum absolute atomic E-state index is 0. The van der Waals surface area contributed by atoms with E-state index in [1.54, 1.807) is 12.1 Å². The fraction of sp³-hybridized carbons (Fsp3) is 0.222. The molecule has 0 radical (unpaired) electrons. The summed E-state index contributed by atoms with van der Waals surface area (Å²) in [6.07, 6.45) is -0.621. The molecule has 1 aromatic rings. The predicted octanol–water partition coefficient (Wildman–Crippen LogP) is -0.314. The van der Waals surface area contributed by atoms with Crippen molar-refractivity contribution in [2.24, 2.45) is 0 Å². The Balaban J connectivity index is 0.00000196. The zero-order valence-electron chi connectivity index (χ0n) is 8.38. The summed E-state index contributed by atoms with van der Waals surface area (Å²) in [6.45, 7) is -4.77. The maximum atomic E-state index is 12.0. The Morgan fingerprint density at radius 1 is 1.07 bits per heavy atom. The van der Waals surface area contributed by atoms with Gasteiger partial charge in [-0.25, -0.2) is 0 Å². The van der Waals surface area contributed by atoms with Gasteiger partial charge in [0, 0.05) is 0 Å². The van der Waals surface area contributed by atoms with E-state index < -0.39 is 13.3 Å². The van der Waals surface area contributed by atoms with E-state index in [-0.39, 0.29) is 63.4 Å². The fourth-order valence-corrected chi connectivity index (χ4v) is 1.15. The Morgan fingerprint density at radius 2 is 1.53 bits per heavy atom. The van der Waals surface area contributed by atoms with Crippen LogP contribution in [0.4, 0.5) is 12.9 Å². The van der Waals surface area contributed by atoms with Crippen LogP contribution in [0.25, 0.3) is 0 Å². The van der Waals surface area contributed by atoms with Crippen molar-refractivity contribution in [3.05, 3.63) is 35.4 Å². The van der Waals surface area contributed by atoms with E-state index in [0.717, 1.165) is 5.56 Å². The second-order valence-electron chi connectivity index (χ2n) is 3.07. The molecule has 74 valence electrons. The Labute approximate surface area is 129 Å². The Hall–Kier alpha value is 0.201. The van der Waals surface area contributed by atoms with Crippen molar-refractivity contribution in [2.45, 2.75) is 12.7 Å². The Bertz CT molecular complexity index is 342. The number of halogens is 3. The van der Waals surface area contributed by atoms with E-state index in [1.165, 1.54) is 12.1 Å². The normalized spacial score (nSPS) is 10.3. The minimum Gasteiger partial charge on any atom is -0.449 e. The average molecular weight is 237 g/mol. The van der Waals surface area contributed by atoms with Gasteiger partial charge in [-0.05, 0) is 5.56 Å². The standard InChI is InChI=1S/C9H8BF3N.K/c11-10(12,13)7-9-3-1-8(2-4-9)5-6-14;/h1-4H,5,7H2;/q-1;+1. The Morgan fingerprint density at radius 3 is 1.93 bits per heavy atom. The maximum Gasteiger partial charge on any atom is 1.00 e. The van der Waals surface area contributed by atoms with Gasteiger partial charge in [-0.1, -0.05) is 36.1 Å². The van der Waals surface area contributed by atoms with Gasteiger partial charge < -0.3 is 12.9 Å². The molecule has 1 aromatic carbocycles. The first-order valence-corrected chi connectivity index (χ1v) is 4.17. The van der Waals surface area contributed by atoms with Gasteiger partial charge in [-0.15, -0.1) is 0 Å². The first-order valence-electron chi connectivity index (χ1n) is 4.17. The van der Waals surface area contributed by atoms with E-state index >= 15 is 0 Å². The third kappa shape index (κ3) is 6.38. The van der Waals surface area contributed by atoms with Gasteiger partial charge in [0.1, 0.15) is 0 Å². The summed E-state index contributed by atoms with van der Waals surface area (Å²) in [5.74, 6) is 0. The van der Waals surface area contributed by atoms with Crippen LogP contribution in [-0.4, -0.2) is 6.98 Å². The summed E-state index contributed by atoms with van der Waals surface area (Å²) in [5.41, 5.74) is 0.991. The molecule has 0 bridgehead atoms. The van der Waals surface area contributed by atoms with Gasteiger partial charge in [-0.2, -0.15) is 5.26 Å². The van der Waals surface area contributed by atoms with E-state index in [9.17, 15) is 12.9 Å². The largest absolute Gasteiger partial charge is 1.00 e. The molecule has 1 nitrogen and oxygen atoms in total. The van der Waals surface area contributed by atoms with E-state index in [4.69, 9.17) is 5.26 Å². The van der Waals surface area contributed by atoms with Crippen LogP contribution in [0.5, 0.6) is 0 Å². The van der Waals surface area contributed by atoms with Crippen molar-refractivity contribution < 1.29 is 64.3 Å². The van der Waals surface area contributed by atoms with Crippen LogP contribution in [0.1, 0.15) is 11.1 Å². The van der Waals surface area contributed by atoms with E-state index in [1.807, 2.05) is 6.07 Å². The third-order valence-electron chi connectivity index (χ3n) is 1.77. The van der Waals surface area contributed by atoms with Crippen molar-refractivity contribution in [1.29, 1.82) is 5.26 Å². The van der Waals surface area contributed by atoms with Gasteiger partial charge in [0.25, 0.3) is 0 Å². The van der Waals surface area contributed by atoms with Crippen LogP contribution in [-0.2, 0) is 12.7 Å². The molecule has 0 spiro atoms. The van der Waals surface area contributed by atoms with Crippen LogP contribution < -0.4 is 51.4 Å². The van der Waals surface area contributed by atoms with Crippen molar-refractivity contribution >= 4 is 6.98 Å². The van der Waals surface area contributed by atoms with E-state index in [0.29, 0.717) is 0 Å².